The SMILES string of the molecule is Cc1cc(I)ccc1N1C(=O)[C@@H]2C3c4ccccc4C(C=O)(c4ccccc43)[C@H]2C1=O. The Labute approximate surface area is 193 Å². The molecule has 0 spiro atoms. The van der Waals surface area contributed by atoms with Gasteiger partial charge in [-0.2, -0.15) is 0 Å². The number of benzene rings is 3. The standard InChI is InChI=1S/C26H18INO3/c1-14-12-15(27)10-11-20(14)28-24(30)22-21-16-6-2-4-8-18(16)26(13-29,23(22)25(28)31)19-9-5-3-7-17(19)21/h2-13,21-23H,1H3/t21?,22-,23-,26?/m1/s1. The number of nitrogens with zero attached hydrogens (tertiary/aromatic N) is 1. The summed E-state index contributed by atoms with van der Waals surface area (Å²) >= 11 is 2.22. The highest BCUT2D eigenvalue weighted by atomic mass is 127. The fraction of sp³-hybridized carbons (Fsp3) is 0.192. The zero-order valence-corrected chi connectivity index (χ0v) is 18.9. The molecule has 1 heterocycles. The molecule has 0 saturated carbocycles. The molecule has 0 radical (unpaired) electrons. The molecule has 2 atom stereocenters. The third-order valence-corrected chi connectivity index (χ3v) is 7.94. The van der Waals surface area contributed by atoms with Gasteiger partial charge in [0.25, 0.3) is 0 Å². The largest absolute Gasteiger partial charge is 0.302 e. The van der Waals surface area contributed by atoms with E-state index in [-0.39, 0.29) is 17.7 Å². The van der Waals surface area contributed by atoms with Crippen LogP contribution in [0.5, 0.6) is 0 Å². The van der Waals surface area contributed by atoms with Gasteiger partial charge in [-0.3, -0.25) is 9.59 Å². The van der Waals surface area contributed by atoms with Gasteiger partial charge in [0, 0.05) is 9.49 Å². The number of halogens is 1. The zero-order chi connectivity index (χ0) is 21.5. The second kappa shape index (κ2) is 6.36. The quantitative estimate of drug-likeness (QED) is 0.288. The van der Waals surface area contributed by atoms with Gasteiger partial charge in [-0.15, -0.1) is 0 Å². The Morgan fingerprint density at radius 2 is 1.52 bits per heavy atom. The molecule has 0 unspecified atom stereocenters. The minimum Gasteiger partial charge on any atom is -0.302 e. The van der Waals surface area contributed by atoms with E-state index < -0.39 is 17.3 Å². The fourth-order valence-electron chi connectivity index (χ4n) is 6.14. The molecule has 2 amide bonds. The van der Waals surface area contributed by atoms with Crippen molar-refractivity contribution in [3.63, 3.8) is 0 Å². The van der Waals surface area contributed by atoms with Crippen molar-refractivity contribution < 1.29 is 14.4 Å². The second-order valence-corrected chi connectivity index (χ2v) is 9.83. The van der Waals surface area contributed by atoms with E-state index in [2.05, 4.69) is 22.6 Å². The Bertz CT molecular complexity index is 1270. The van der Waals surface area contributed by atoms with Gasteiger partial charge in [0.2, 0.25) is 11.8 Å². The summed E-state index contributed by atoms with van der Waals surface area (Å²) < 4.78 is 1.04. The van der Waals surface area contributed by atoms with Crippen LogP contribution in [0.1, 0.15) is 33.7 Å². The fourth-order valence-corrected chi connectivity index (χ4v) is 6.78. The van der Waals surface area contributed by atoms with Gasteiger partial charge in [-0.25, -0.2) is 4.90 Å². The Kier molecular flexibility index (Phi) is 3.88. The van der Waals surface area contributed by atoms with E-state index in [1.807, 2.05) is 73.7 Å². The summed E-state index contributed by atoms with van der Waals surface area (Å²) in [6, 6.07) is 21.3. The van der Waals surface area contributed by atoms with Crippen molar-refractivity contribution in [2.24, 2.45) is 11.8 Å². The van der Waals surface area contributed by atoms with Crippen molar-refractivity contribution in [1.29, 1.82) is 0 Å². The summed E-state index contributed by atoms with van der Waals surface area (Å²) in [6.07, 6.45) is 0.910. The molecule has 3 aliphatic carbocycles. The summed E-state index contributed by atoms with van der Waals surface area (Å²) in [4.78, 5) is 42.0. The van der Waals surface area contributed by atoms with Crippen molar-refractivity contribution in [1.82, 2.24) is 0 Å². The number of amides is 2. The summed E-state index contributed by atoms with van der Waals surface area (Å²) in [5, 5.41) is 0. The molecule has 1 fully saturated rings. The maximum absolute atomic E-state index is 13.9. The molecule has 4 aliphatic rings. The van der Waals surface area contributed by atoms with Gasteiger partial charge < -0.3 is 4.79 Å². The Hall–Kier alpha value is -2.80. The molecule has 7 rings (SSSR count). The molecule has 2 bridgehead atoms. The van der Waals surface area contributed by atoms with E-state index in [4.69, 9.17) is 0 Å². The number of anilines is 1. The van der Waals surface area contributed by atoms with Crippen LogP contribution >= 0.6 is 22.6 Å². The van der Waals surface area contributed by atoms with Crippen molar-refractivity contribution >= 4 is 46.4 Å². The highest BCUT2D eigenvalue weighted by molar-refractivity contribution is 14.1. The number of carbonyl (C=O) groups is 3. The topological polar surface area (TPSA) is 54.5 Å². The molecule has 4 nitrogen and oxygen atoms in total. The predicted molar refractivity (Wildman–Crippen MR) is 125 cm³/mol. The Balaban J connectivity index is 1.65. The molecule has 3 aromatic carbocycles. The molecule has 3 aromatic rings. The number of carbonyl (C=O) groups excluding carboxylic acids is 3. The van der Waals surface area contributed by atoms with Crippen LogP contribution in [-0.4, -0.2) is 18.1 Å². The van der Waals surface area contributed by atoms with E-state index in [1.165, 1.54) is 4.90 Å². The van der Waals surface area contributed by atoms with Gasteiger partial charge in [-0.1, -0.05) is 48.5 Å². The molecule has 31 heavy (non-hydrogen) atoms. The van der Waals surface area contributed by atoms with Crippen LogP contribution in [-0.2, 0) is 19.8 Å². The molecule has 1 aliphatic heterocycles. The molecule has 0 N–H and O–H groups in total. The maximum Gasteiger partial charge on any atom is 0.239 e. The normalized spacial score (nSPS) is 27.7. The van der Waals surface area contributed by atoms with E-state index in [0.717, 1.165) is 37.7 Å². The van der Waals surface area contributed by atoms with Crippen molar-refractivity contribution in [2.75, 3.05) is 4.90 Å². The van der Waals surface area contributed by atoms with Crippen LogP contribution in [0, 0.1) is 22.3 Å². The molecule has 1 saturated heterocycles. The van der Waals surface area contributed by atoms with Gasteiger partial charge >= 0.3 is 0 Å². The maximum atomic E-state index is 13.9. The lowest BCUT2D eigenvalue weighted by atomic mass is 9.48. The number of hydrogen-bond donors (Lipinski definition) is 0. The minimum absolute atomic E-state index is 0.209. The highest BCUT2D eigenvalue weighted by Gasteiger charge is 2.68. The Morgan fingerprint density at radius 1 is 0.903 bits per heavy atom. The first-order valence-corrected chi connectivity index (χ1v) is 11.4. The van der Waals surface area contributed by atoms with E-state index in [9.17, 15) is 14.4 Å². The first kappa shape index (κ1) is 18.9. The summed E-state index contributed by atoms with van der Waals surface area (Å²) in [6.45, 7) is 1.91. The highest BCUT2D eigenvalue weighted by Crippen LogP contribution is 2.63. The minimum atomic E-state index is -1.15. The second-order valence-electron chi connectivity index (χ2n) is 8.59. The van der Waals surface area contributed by atoms with Crippen LogP contribution in [0.4, 0.5) is 5.69 Å². The van der Waals surface area contributed by atoms with Crippen molar-refractivity contribution in [3.8, 4) is 0 Å². The van der Waals surface area contributed by atoms with Gasteiger partial charge in [0.05, 0.1) is 22.9 Å². The van der Waals surface area contributed by atoms with Gasteiger partial charge in [0.15, 0.2) is 0 Å². The van der Waals surface area contributed by atoms with Crippen LogP contribution < -0.4 is 4.90 Å². The van der Waals surface area contributed by atoms with E-state index in [0.29, 0.717) is 5.69 Å². The Morgan fingerprint density at radius 3 is 2.10 bits per heavy atom. The van der Waals surface area contributed by atoms with E-state index in [1.54, 1.807) is 0 Å². The zero-order valence-electron chi connectivity index (χ0n) is 16.7. The number of aldehydes is 1. The van der Waals surface area contributed by atoms with Crippen LogP contribution in [0.2, 0.25) is 0 Å². The lowest BCUT2D eigenvalue weighted by molar-refractivity contribution is -0.128. The van der Waals surface area contributed by atoms with Crippen LogP contribution in [0.3, 0.4) is 0 Å². The van der Waals surface area contributed by atoms with Gasteiger partial charge in [-0.05, 0) is 75.5 Å². The number of aryl methyl sites for hydroxylation is 1. The van der Waals surface area contributed by atoms with Crippen molar-refractivity contribution in [2.45, 2.75) is 18.3 Å². The van der Waals surface area contributed by atoms with Crippen LogP contribution in [0.25, 0.3) is 0 Å². The first-order valence-electron chi connectivity index (χ1n) is 10.3. The third-order valence-electron chi connectivity index (χ3n) is 7.27. The van der Waals surface area contributed by atoms with Crippen LogP contribution in [0.15, 0.2) is 66.7 Å². The smallest absolute Gasteiger partial charge is 0.239 e. The summed E-state index contributed by atoms with van der Waals surface area (Å²) in [5.74, 6) is -2.03. The average Bonchev–Trinajstić information content (AvgIpc) is 3.05. The monoisotopic (exact) mass is 519 g/mol. The third kappa shape index (κ3) is 2.17. The lowest BCUT2D eigenvalue weighted by Crippen LogP contribution is -2.54. The molecular formula is C26H18INO3. The summed E-state index contributed by atoms with van der Waals surface area (Å²) in [7, 11) is 0. The molecular weight excluding hydrogens is 501 g/mol. The van der Waals surface area contributed by atoms with Crippen molar-refractivity contribution in [3.05, 3.63) is 98.1 Å². The summed E-state index contributed by atoms with van der Waals surface area (Å²) in [5.41, 5.74) is 4.02. The average molecular weight is 519 g/mol. The number of hydrogen-bond acceptors (Lipinski definition) is 3. The number of imide groups is 1. The predicted octanol–water partition coefficient (Wildman–Crippen LogP) is 4.35. The number of rotatable bonds is 2. The molecule has 0 aromatic heterocycles. The molecule has 152 valence electrons. The lowest BCUT2D eigenvalue weighted by Gasteiger charge is -2.51. The van der Waals surface area contributed by atoms with E-state index >= 15 is 0 Å². The first-order chi connectivity index (χ1) is 15.0. The van der Waals surface area contributed by atoms with Gasteiger partial charge in [0.1, 0.15) is 6.29 Å². The molecule has 5 heteroatoms.